The Morgan fingerprint density at radius 3 is 1.92 bits per heavy atom. The molecule has 0 saturated carbocycles. The molecule has 6 atom stereocenters. The molecule has 0 spiro atoms. The average molecular weight is 721 g/mol. The quantitative estimate of drug-likeness (QED) is 0.0677. The van der Waals surface area contributed by atoms with E-state index in [1.165, 1.54) is 36.5 Å². The number of hydrogen-bond acceptors (Lipinski definition) is 8. The van der Waals surface area contributed by atoms with E-state index in [9.17, 15) is 38.0 Å². The predicted octanol–water partition coefficient (Wildman–Crippen LogP) is -0.767. The Morgan fingerprint density at radius 2 is 1.37 bits per heavy atom. The van der Waals surface area contributed by atoms with Crippen LogP contribution >= 0.6 is 0 Å². The molecule has 18 heteroatoms. The van der Waals surface area contributed by atoms with E-state index in [-0.39, 0.29) is 44.6 Å². The molecule has 0 aliphatic carbocycles. The van der Waals surface area contributed by atoms with Crippen molar-refractivity contribution in [3.63, 3.8) is 0 Å². The summed E-state index contributed by atoms with van der Waals surface area (Å²) in [6, 6.07) is -1.98. The van der Waals surface area contributed by atoms with Crippen LogP contribution in [0.2, 0.25) is 0 Å². The van der Waals surface area contributed by atoms with Gasteiger partial charge in [-0.15, -0.1) is 0 Å². The number of rotatable bonds is 22. The maximum atomic E-state index is 13.7. The lowest BCUT2D eigenvalue weighted by molar-refractivity contribution is -0.135. The zero-order chi connectivity index (χ0) is 38.7. The van der Waals surface area contributed by atoms with Gasteiger partial charge in [0.25, 0.3) is 0 Å². The van der Waals surface area contributed by atoms with Crippen LogP contribution in [-0.2, 0) is 30.4 Å². The number of carbonyl (C=O) groups is 7. The van der Waals surface area contributed by atoms with Gasteiger partial charge in [0.15, 0.2) is 0 Å². The van der Waals surface area contributed by atoms with Crippen LogP contribution in [0.5, 0.6) is 0 Å². The van der Waals surface area contributed by atoms with Gasteiger partial charge in [0.05, 0.1) is 6.04 Å². The predicted molar refractivity (Wildman–Crippen MR) is 187 cm³/mol. The lowest BCUT2D eigenvalue weighted by atomic mass is 9.95. The number of carbonyl (C=O) groups excluding carboxylic acids is 7. The van der Waals surface area contributed by atoms with Crippen LogP contribution in [0.15, 0.2) is 36.5 Å². The molecular weight excluding hydrogens is 667 g/mol. The van der Waals surface area contributed by atoms with Crippen LogP contribution in [-0.4, -0.2) is 78.4 Å². The number of hydrogen-bond donors (Lipinski definition) is 10. The fourth-order valence-corrected chi connectivity index (χ4v) is 4.80. The third kappa shape index (κ3) is 17.3. The van der Waals surface area contributed by atoms with E-state index in [1.54, 1.807) is 6.92 Å². The third-order valence-corrected chi connectivity index (χ3v) is 7.82. The third-order valence-electron chi connectivity index (χ3n) is 7.82. The van der Waals surface area contributed by atoms with Gasteiger partial charge in [0.1, 0.15) is 30.0 Å². The molecule has 1 rings (SSSR count). The molecule has 0 radical (unpaired) electrons. The van der Waals surface area contributed by atoms with Gasteiger partial charge in [0, 0.05) is 19.2 Å². The van der Waals surface area contributed by atoms with E-state index in [1.807, 2.05) is 20.8 Å². The lowest BCUT2D eigenvalue weighted by Gasteiger charge is -2.29. The van der Waals surface area contributed by atoms with Gasteiger partial charge in [-0.1, -0.05) is 52.3 Å². The summed E-state index contributed by atoms with van der Waals surface area (Å²) in [5.41, 5.74) is 22.2. The molecule has 14 N–H and O–H groups in total. The number of nitrogens with two attached hydrogens (primary N) is 4. The second-order valence-electron chi connectivity index (χ2n) is 12.6. The van der Waals surface area contributed by atoms with Gasteiger partial charge >= 0.3 is 12.1 Å². The van der Waals surface area contributed by atoms with E-state index in [0.717, 1.165) is 0 Å². The van der Waals surface area contributed by atoms with Crippen LogP contribution in [0.1, 0.15) is 65.4 Å². The topological polar surface area (TPSA) is 296 Å². The van der Waals surface area contributed by atoms with Crippen molar-refractivity contribution in [1.29, 1.82) is 0 Å². The van der Waals surface area contributed by atoms with E-state index < -0.39 is 83.5 Å². The van der Waals surface area contributed by atoms with Gasteiger partial charge in [0.2, 0.25) is 29.5 Å². The molecular formula is C33H53FN10O7. The summed E-state index contributed by atoms with van der Waals surface area (Å²) in [6.45, 7) is 7.29. The zero-order valence-corrected chi connectivity index (χ0v) is 29.5. The summed E-state index contributed by atoms with van der Waals surface area (Å²) >= 11 is 0. The minimum absolute atomic E-state index is 0.0123. The Labute approximate surface area is 297 Å². The summed E-state index contributed by atoms with van der Waals surface area (Å²) in [7, 11) is 0. The first-order valence-electron chi connectivity index (χ1n) is 16.7. The highest BCUT2D eigenvalue weighted by molar-refractivity contribution is 5.96. The van der Waals surface area contributed by atoms with Crippen LogP contribution in [0.3, 0.4) is 0 Å². The van der Waals surface area contributed by atoms with E-state index in [2.05, 4.69) is 31.9 Å². The average Bonchev–Trinajstić information content (AvgIpc) is 3.05. The van der Waals surface area contributed by atoms with Crippen molar-refractivity contribution in [3.05, 3.63) is 47.9 Å². The van der Waals surface area contributed by atoms with Gasteiger partial charge in [-0.2, -0.15) is 0 Å². The molecule has 0 aromatic heterocycles. The smallest absolute Gasteiger partial charge is 0.316 e. The molecule has 51 heavy (non-hydrogen) atoms. The molecule has 1 aromatic carbocycles. The van der Waals surface area contributed by atoms with Crippen molar-refractivity contribution in [1.82, 2.24) is 31.9 Å². The molecule has 0 unspecified atom stereocenters. The first-order chi connectivity index (χ1) is 23.9. The van der Waals surface area contributed by atoms with Crippen LogP contribution < -0.4 is 54.8 Å². The van der Waals surface area contributed by atoms with Crippen molar-refractivity contribution in [3.8, 4) is 0 Å². The fraction of sp³-hybridized carbons (Fsp3) is 0.545. The first-order valence-corrected chi connectivity index (χ1v) is 16.7. The van der Waals surface area contributed by atoms with Crippen molar-refractivity contribution in [2.75, 3.05) is 6.54 Å². The van der Waals surface area contributed by atoms with Crippen LogP contribution in [0.4, 0.5) is 14.0 Å². The Morgan fingerprint density at radius 1 is 0.784 bits per heavy atom. The van der Waals surface area contributed by atoms with Gasteiger partial charge in [-0.3, -0.25) is 24.0 Å². The van der Waals surface area contributed by atoms with Crippen LogP contribution in [0.25, 0.3) is 0 Å². The molecule has 9 amide bonds. The minimum Gasteiger partial charge on any atom is -0.368 e. The molecule has 1 aromatic rings. The van der Waals surface area contributed by atoms with E-state index >= 15 is 0 Å². The van der Waals surface area contributed by atoms with Crippen molar-refractivity contribution >= 4 is 41.6 Å². The zero-order valence-electron chi connectivity index (χ0n) is 29.5. The number of urea groups is 2. The van der Waals surface area contributed by atoms with Crippen molar-refractivity contribution in [2.24, 2.45) is 34.8 Å². The summed E-state index contributed by atoms with van der Waals surface area (Å²) in [5, 5.41) is 15.2. The Hall–Kier alpha value is -5.26. The first kappa shape index (κ1) is 43.8. The summed E-state index contributed by atoms with van der Waals surface area (Å²) in [6.07, 6.45) is 3.46. The Kier molecular flexibility index (Phi) is 19.3. The highest BCUT2D eigenvalue weighted by Gasteiger charge is 2.33. The molecule has 0 fully saturated rings. The molecule has 17 nitrogen and oxygen atoms in total. The van der Waals surface area contributed by atoms with Gasteiger partial charge in [-0.25, -0.2) is 14.0 Å². The summed E-state index contributed by atoms with van der Waals surface area (Å²) in [5.74, 6) is -4.61. The number of halogens is 1. The number of benzene rings is 1. The second-order valence-corrected chi connectivity index (χ2v) is 12.6. The van der Waals surface area contributed by atoms with Crippen LogP contribution in [0, 0.1) is 17.7 Å². The Balaban J connectivity index is 3.18. The summed E-state index contributed by atoms with van der Waals surface area (Å²) in [4.78, 5) is 87.9. The monoisotopic (exact) mass is 720 g/mol. The molecule has 284 valence electrons. The van der Waals surface area contributed by atoms with Crippen molar-refractivity contribution in [2.45, 2.75) is 96.4 Å². The SMILES string of the molecule is CC[C@H](C)[C@H](NC(=O)[C@H](CC(C)C)NC(=O)[C@H](CCCNC(N)=O)NC(=O)[C@@H](N)C/C=C/NC(N)=O)C(=O)N[C@@H](Cc1ccc(F)cc1)C(N)=O. The molecule has 0 saturated heterocycles. The molecule has 0 bridgehead atoms. The maximum Gasteiger partial charge on any atom is 0.316 e. The highest BCUT2D eigenvalue weighted by atomic mass is 19.1. The van der Waals surface area contributed by atoms with E-state index in [0.29, 0.717) is 12.0 Å². The second kappa shape index (κ2) is 22.5. The number of nitrogens with one attached hydrogen (secondary N) is 6. The normalized spacial score (nSPS) is 14.6. The summed E-state index contributed by atoms with van der Waals surface area (Å²) < 4.78 is 13.4. The van der Waals surface area contributed by atoms with Crippen molar-refractivity contribution < 1.29 is 38.0 Å². The highest BCUT2D eigenvalue weighted by Crippen LogP contribution is 2.13. The Bertz CT molecular complexity index is 1380. The fourth-order valence-electron chi connectivity index (χ4n) is 4.80. The molecule has 0 aliphatic heterocycles. The molecule has 0 aliphatic rings. The van der Waals surface area contributed by atoms with Gasteiger partial charge < -0.3 is 54.8 Å². The standard InChI is InChI=1S/C33H53FN10O7/c1-5-19(4)26(31(49)42-24(27(36)45)17-20-10-12-21(34)13-11-20)44-30(48)25(16-18(2)3)43-29(47)23(9-7-15-40-33(38)51)41-28(46)22(35)8-6-14-39-32(37)50/h6,10-14,18-19,22-26H,5,7-9,15-17,35H2,1-4H3,(H2,36,45)(H,41,46)(H,42,49)(H,43,47)(H,44,48)(H3,37,39,50)(H3,38,40,51)/b14-6+/t19-,22-,23-,24-,25-,26-/m0/s1. The van der Waals surface area contributed by atoms with E-state index in [4.69, 9.17) is 22.9 Å². The maximum absolute atomic E-state index is 13.7. The molecule has 0 heterocycles. The number of primary amides is 3. The van der Waals surface area contributed by atoms with Gasteiger partial charge in [-0.05, 0) is 55.2 Å². The minimum atomic E-state index is -1.19. The lowest BCUT2D eigenvalue weighted by Crippen LogP contribution is -2.60. The largest absolute Gasteiger partial charge is 0.368 e. The number of amides is 9.